The molecule has 1 amide bonds. The van der Waals surface area contributed by atoms with Crippen LogP contribution in [0.4, 0.5) is 5.69 Å². The molecule has 100 valence electrons. The lowest BCUT2D eigenvalue weighted by Crippen LogP contribution is -2.14. The number of benzene rings is 1. The molecule has 2 aromatic rings. The van der Waals surface area contributed by atoms with Crippen LogP contribution in [-0.2, 0) is 0 Å². The Labute approximate surface area is 117 Å². The second kappa shape index (κ2) is 6.50. The lowest BCUT2D eigenvalue weighted by Gasteiger charge is -2.08. The Morgan fingerprint density at radius 1 is 1.35 bits per heavy atom. The lowest BCUT2D eigenvalue weighted by molar-refractivity contribution is 0.102. The average Bonchev–Trinajstić information content (AvgIpc) is 2.49. The number of nitrogens with zero attached hydrogens (tertiary/aromatic N) is 1. The molecule has 0 unspecified atom stereocenters. The zero-order chi connectivity index (χ0) is 14.4. The maximum absolute atomic E-state index is 12.0. The zero-order valence-corrected chi connectivity index (χ0v) is 11.1. The third-order valence-corrected chi connectivity index (χ3v) is 2.70. The molecular formula is C16H14N2O2. The summed E-state index contributed by atoms with van der Waals surface area (Å²) in [5, 5.41) is 11.5. The molecule has 1 aromatic heterocycles. The van der Waals surface area contributed by atoms with Crippen LogP contribution in [-0.4, -0.2) is 22.6 Å². The van der Waals surface area contributed by atoms with E-state index >= 15 is 0 Å². The zero-order valence-electron chi connectivity index (χ0n) is 11.1. The minimum Gasteiger partial charge on any atom is -0.384 e. The Bertz CT molecular complexity index is 670. The SMILES string of the molecule is Cc1ccc(C#CCO)cc1NC(=O)c1ccccn1. The topological polar surface area (TPSA) is 62.2 Å². The van der Waals surface area contributed by atoms with E-state index in [0.29, 0.717) is 11.4 Å². The second-order valence-corrected chi connectivity index (χ2v) is 4.16. The van der Waals surface area contributed by atoms with Gasteiger partial charge in [-0.3, -0.25) is 9.78 Å². The molecule has 0 spiro atoms. The van der Waals surface area contributed by atoms with E-state index in [1.807, 2.05) is 19.1 Å². The molecule has 1 aromatic carbocycles. The highest BCUT2D eigenvalue weighted by Gasteiger charge is 2.08. The number of nitrogens with one attached hydrogen (secondary N) is 1. The van der Waals surface area contributed by atoms with Gasteiger partial charge in [0.2, 0.25) is 0 Å². The highest BCUT2D eigenvalue weighted by atomic mass is 16.2. The van der Waals surface area contributed by atoms with E-state index in [-0.39, 0.29) is 12.5 Å². The second-order valence-electron chi connectivity index (χ2n) is 4.16. The summed E-state index contributed by atoms with van der Waals surface area (Å²) in [7, 11) is 0. The Balaban J connectivity index is 2.22. The number of hydrogen-bond acceptors (Lipinski definition) is 3. The minimum atomic E-state index is -0.263. The van der Waals surface area contributed by atoms with Crippen molar-refractivity contribution in [3.05, 3.63) is 59.4 Å². The highest BCUT2D eigenvalue weighted by molar-refractivity contribution is 6.03. The molecule has 0 bridgehead atoms. The third-order valence-electron chi connectivity index (χ3n) is 2.70. The number of pyridine rings is 1. The standard InChI is InChI=1S/C16H14N2O2/c1-12-7-8-13(5-4-10-19)11-15(12)18-16(20)14-6-2-3-9-17-14/h2-3,6-9,11,19H,10H2,1H3,(H,18,20). The third kappa shape index (κ3) is 3.44. The van der Waals surface area contributed by atoms with Crippen molar-refractivity contribution in [1.82, 2.24) is 4.98 Å². The van der Waals surface area contributed by atoms with Crippen LogP contribution in [0.1, 0.15) is 21.6 Å². The van der Waals surface area contributed by atoms with Crippen molar-refractivity contribution >= 4 is 11.6 Å². The number of aryl methyl sites for hydroxylation is 1. The summed E-state index contributed by atoms with van der Waals surface area (Å²) < 4.78 is 0. The summed E-state index contributed by atoms with van der Waals surface area (Å²) in [5.41, 5.74) is 2.72. The van der Waals surface area contributed by atoms with Gasteiger partial charge in [0.15, 0.2) is 0 Å². The molecule has 0 atom stereocenters. The van der Waals surface area contributed by atoms with Crippen molar-refractivity contribution in [3.8, 4) is 11.8 Å². The first-order valence-electron chi connectivity index (χ1n) is 6.13. The quantitative estimate of drug-likeness (QED) is 0.817. The summed E-state index contributed by atoms with van der Waals surface area (Å²) >= 11 is 0. The fourth-order valence-corrected chi connectivity index (χ4v) is 1.66. The lowest BCUT2D eigenvalue weighted by atomic mass is 10.1. The van der Waals surface area contributed by atoms with E-state index in [0.717, 1.165) is 11.1 Å². The molecule has 0 saturated heterocycles. The minimum absolute atomic E-state index is 0.191. The van der Waals surface area contributed by atoms with Crippen LogP contribution in [0.25, 0.3) is 0 Å². The van der Waals surface area contributed by atoms with Crippen molar-refractivity contribution in [2.24, 2.45) is 0 Å². The number of amides is 1. The van der Waals surface area contributed by atoms with Gasteiger partial charge in [-0.1, -0.05) is 24.0 Å². The van der Waals surface area contributed by atoms with Gasteiger partial charge in [-0.15, -0.1) is 0 Å². The van der Waals surface area contributed by atoms with Crippen LogP contribution in [0.3, 0.4) is 0 Å². The normalized spacial score (nSPS) is 9.50. The van der Waals surface area contributed by atoms with Gasteiger partial charge in [-0.25, -0.2) is 0 Å². The van der Waals surface area contributed by atoms with Crippen LogP contribution in [0, 0.1) is 18.8 Å². The van der Waals surface area contributed by atoms with Gasteiger partial charge in [0.05, 0.1) is 0 Å². The Morgan fingerprint density at radius 3 is 2.90 bits per heavy atom. The van der Waals surface area contributed by atoms with Crippen molar-refractivity contribution in [3.63, 3.8) is 0 Å². The maximum atomic E-state index is 12.0. The Hall–Kier alpha value is -2.64. The fourth-order valence-electron chi connectivity index (χ4n) is 1.66. The van der Waals surface area contributed by atoms with E-state index in [1.165, 1.54) is 0 Å². The fraction of sp³-hybridized carbons (Fsp3) is 0.125. The number of carbonyl (C=O) groups excluding carboxylic acids is 1. The van der Waals surface area contributed by atoms with Crippen LogP contribution in [0.5, 0.6) is 0 Å². The number of aliphatic hydroxyl groups excluding tert-OH is 1. The first-order chi connectivity index (χ1) is 9.70. The number of hydrogen-bond donors (Lipinski definition) is 2. The molecule has 0 fully saturated rings. The Kier molecular flexibility index (Phi) is 4.48. The van der Waals surface area contributed by atoms with Crippen molar-refractivity contribution < 1.29 is 9.90 Å². The number of anilines is 1. The summed E-state index contributed by atoms with van der Waals surface area (Å²) in [5.74, 6) is 5.12. The van der Waals surface area contributed by atoms with E-state index in [4.69, 9.17) is 5.11 Å². The van der Waals surface area contributed by atoms with Gasteiger partial charge in [-0.2, -0.15) is 0 Å². The van der Waals surface area contributed by atoms with E-state index in [2.05, 4.69) is 22.1 Å². The van der Waals surface area contributed by atoms with Gasteiger partial charge >= 0.3 is 0 Å². The first-order valence-corrected chi connectivity index (χ1v) is 6.13. The predicted octanol–water partition coefficient (Wildman–Crippen LogP) is 1.99. The predicted molar refractivity (Wildman–Crippen MR) is 77.3 cm³/mol. The van der Waals surface area contributed by atoms with Crippen LogP contribution < -0.4 is 5.32 Å². The molecule has 1 heterocycles. The highest BCUT2D eigenvalue weighted by Crippen LogP contribution is 2.17. The van der Waals surface area contributed by atoms with Gasteiger partial charge < -0.3 is 10.4 Å². The van der Waals surface area contributed by atoms with Crippen molar-refractivity contribution in [2.45, 2.75) is 6.92 Å². The summed E-state index contributed by atoms with van der Waals surface area (Å²) in [6.45, 7) is 1.71. The van der Waals surface area contributed by atoms with E-state index < -0.39 is 0 Å². The molecule has 20 heavy (non-hydrogen) atoms. The maximum Gasteiger partial charge on any atom is 0.274 e. The molecule has 0 aliphatic rings. The van der Waals surface area contributed by atoms with Crippen LogP contribution in [0.2, 0.25) is 0 Å². The number of carbonyl (C=O) groups is 1. The van der Waals surface area contributed by atoms with E-state index in [9.17, 15) is 4.79 Å². The molecule has 2 rings (SSSR count). The molecule has 4 heteroatoms. The average molecular weight is 266 g/mol. The number of aromatic nitrogens is 1. The largest absolute Gasteiger partial charge is 0.384 e. The number of rotatable bonds is 2. The van der Waals surface area contributed by atoms with Gasteiger partial charge in [0.1, 0.15) is 12.3 Å². The summed E-state index contributed by atoms with van der Waals surface area (Å²) in [6, 6.07) is 10.7. The van der Waals surface area contributed by atoms with Gasteiger partial charge in [0, 0.05) is 17.4 Å². The van der Waals surface area contributed by atoms with Crippen LogP contribution in [0.15, 0.2) is 42.6 Å². The molecular weight excluding hydrogens is 252 g/mol. The smallest absolute Gasteiger partial charge is 0.274 e. The molecule has 2 N–H and O–H groups in total. The molecule has 0 saturated carbocycles. The molecule has 0 aliphatic carbocycles. The molecule has 0 radical (unpaired) electrons. The molecule has 4 nitrogen and oxygen atoms in total. The van der Waals surface area contributed by atoms with Gasteiger partial charge in [-0.05, 0) is 36.8 Å². The number of aliphatic hydroxyl groups is 1. The molecule has 0 aliphatic heterocycles. The summed E-state index contributed by atoms with van der Waals surface area (Å²) in [6.07, 6.45) is 1.57. The van der Waals surface area contributed by atoms with Crippen molar-refractivity contribution in [2.75, 3.05) is 11.9 Å². The first kappa shape index (κ1) is 13.8. The van der Waals surface area contributed by atoms with Gasteiger partial charge in [0.25, 0.3) is 5.91 Å². The summed E-state index contributed by atoms with van der Waals surface area (Å²) in [4.78, 5) is 16.0. The van der Waals surface area contributed by atoms with Crippen LogP contribution >= 0.6 is 0 Å². The Morgan fingerprint density at radius 2 is 2.20 bits per heavy atom. The van der Waals surface area contributed by atoms with Crippen molar-refractivity contribution in [1.29, 1.82) is 0 Å². The van der Waals surface area contributed by atoms with E-state index in [1.54, 1.807) is 30.5 Å². The monoisotopic (exact) mass is 266 g/mol.